The molecule has 1 amide bonds. The molecule has 2 saturated heterocycles. The molecule has 0 atom stereocenters. The first kappa shape index (κ1) is 18.1. The number of anilines is 1. The van der Waals surface area contributed by atoms with Crippen LogP contribution in [0, 0.1) is 5.92 Å². The van der Waals surface area contributed by atoms with Gasteiger partial charge in [-0.15, -0.1) is 15.3 Å². The molecule has 0 radical (unpaired) electrons. The van der Waals surface area contributed by atoms with E-state index in [9.17, 15) is 4.79 Å². The van der Waals surface area contributed by atoms with Gasteiger partial charge in [-0.2, -0.15) is 4.52 Å². The Morgan fingerprint density at radius 1 is 0.931 bits per heavy atom. The highest BCUT2D eigenvalue weighted by atomic mass is 16.5. The first-order chi connectivity index (χ1) is 14.3. The summed E-state index contributed by atoms with van der Waals surface area (Å²) in [6.45, 7) is 4.37. The number of fused-ring (bicyclic) bond motifs is 1. The van der Waals surface area contributed by atoms with Crippen LogP contribution in [0.1, 0.15) is 12.8 Å². The summed E-state index contributed by atoms with van der Waals surface area (Å²) in [6, 6.07) is 13.9. The van der Waals surface area contributed by atoms with Crippen molar-refractivity contribution in [3.8, 4) is 11.4 Å². The first-order valence-corrected chi connectivity index (χ1v) is 10.2. The van der Waals surface area contributed by atoms with Crippen molar-refractivity contribution in [3.05, 3.63) is 42.5 Å². The van der Waals surface area contributed by atoms with E-state index in [0.29, 0.717) is 26.3 Å². The largest absolute Gasteiger partial charge is 0.378 e. The highest BCUT2D eigenvalue weighted by Crippen LogP contribution is 2.25. The lowest BCUT2D eigenvalue weighted by Gasteiger charge is -2.35. The average Bonchev–Trinajstić information content (AvgIpc) is 3.23. The smallest absolute Gasteiger partial charge is 0.225 e. The second kappa shape index (κ2) is 7.79. The number of carbonyl (C=O) groups is 1. The lowest BCUT2D eigenvalue weighted by Crippen LogP contribution is -2.47. The number of rotatable bonds is 3. The molecule has 0 N–H and O–H groups in total. The Balaban J connectivity index is 1.31. The average molecular weight is 392 g/mol. The lowest BCUT2D eigenvalue weighted by atomic mass is 9.95. The van der Waals surface area contributed by atoms with Gasteiger partial charge in [0.05, 0.1) is 13.2 Å². The number of carbonyl (C=O) groups excluding carboxylic acids is 1. The maximum Gasteiger partial charge on any atom is 0.225 e. The van der Waals surface area contributed by atoms with Crippen molar-refractivity contribution in [1.29, 1.82) is 0 Å². The number of hydrogen-bond donors (Lipinski definition) is 0. The standard InChI is InChI=1S/C21H24N6O2/c28-21(26-12-14-29-15-13-26)17-8-10-25(11-9-17)19-7-6-18-22-23-20(27(18)24-19)16-4-2-1-3-5-16/h1-7,17H,8-15H2. The summed E-state index contributed by atoms with van der Waals surface area (Å²) in [4.78, 5) is 17.0. The van der Waals surface area contributed by atoms with Crippen LogP contribution >= 0.6 is 0 Å². The number of amides is 1. The fourth-order valence-electron chi connectivity index (χ4n) is 4.11. The van der Waals surface area contributed by atoms with Crippen LogP contribution in [0.25, 0.3) is 17.0 Å². The molecule has 2 aliphatic heterocycles. The Bertz CT molecular complexity index is 991. The highest BCUT2D eigenvalue weighted by molar-refractivity contribution is 5.79. The number of morpholine rings is 1. The second-order valence-electron chi connectivity index (χ2n) is 7.55. The van der Waals surface area contributed by atoms with Gasteiger partial charge in [-0.25, -0.2) is 0 Å². The van der Waals surface area contributed by atoms with Gasteiger partial charge in [0, 0.05) is 37.7 Å². The maximum atomic E-state index is 12.8. The van der Waals surface area contributed by atoms with Crippen LogP contribution in [0.3, 0.4) is 0 Å². The van der Waals surface area contributed by atoms with Crippen molar-refractivity contribution >= 4 is 17.4 Å². The quantitative estimate of drug-likeness (QED) is 0.677. The van der Waals surface area contributed by atoms with Gasteiger partial charge in [0.1, 0.15) is 5.82 Å². The minimum Gasteiger partial charge on any atom is -0.378 e. The van der Waals surface area contributed by atoms with Gasteiger partial charge >= 0.3 is 0 Å². The van der Waals surface area contributed by atoms with Gasteiger partial charge in [0.25, 0.3) is 0 Å². The topological polar surface area (TPSA) is 75.9 Å². The molecular weight excluding hydrogens is 368 g/mol. The molecule has 2 aliphatic rings. The normalized spacial score (nSPS) is 18.3. The predicted molar refractivity (Wildman–Crippen MR) is 109 cm³/mol. The van der Waals surface area contributed by atoms with E-state index >= 15 is 0 Å². The molecule has 3 aromatic rings. The summed E-state index contributed by atoms with van der Waals surface area (Å²) >= 11 is 0. The number of benzene rings is 1. The second-order valence-corrected chi connectivity index (χ2v) is 7.55. The molecule has 29 heavy (non-hydrogen) atoms. The third-order valence-corrected chi connectivity index (χ3v) is 5.77. The number of nitrogens with zero attached hydrogens (tertiary/aromatic N) is 6. The van der Waals surface area contributed by atoms with Crippen LogP contribution in [-0.4, -0.2) is 70.0 Å². The summed E-state index contributed by atoms with van der Waals surface area (Å²) < 4.78 is 7.16. The van der Waals surface area contributed by atoms with Gasteiger partial charge in [0.15, 0.2) is 11.5 Å². The van der Waals surface area contributed by atoms with Gasteiger partial charge in [-0.1, -0.05) is 30.3 Å². The number of aromatic nitrogens is 4. The Morgan fingerprint density at radius 3 is 2.45 bits per heavy atom. The number of ether oxygens (including phenoxy) is 1. The van der Waals surface area contributed by atoms with Crippen molar-refractivity contribution < 1.29 is 9.53 Å². The Labute approximate surface area is 169 Å². The molecule has 8 nitrogen and oxygen atoms in total. The van der Waals surface area contributed by atoms with E-state index in [1.807, 2.05) is 47.4 Å². The van der Waals surface area contributed by atoms with Gasteiger partial charge in [-0.05, 0) is 25.0 Å². The maximum absolute atomic E-state index is 12.8. The molecule has 0 saturated carbocycles. The lowest BCUT2D eigenvalue weighted by molar-refractivity contribution is -0.140. The van der Waals surface area contributed by atoms with Crippen molar-refractivity contribution in [2.24, 2.45) is 5.92 Å². The third kappa shape index (κ3) is 3.55. The van der Waals surface area contributed by atoms with E-state index in [-0.39, 0.29) is 11.8 Å². The molecule has 1 aromatic carbocycles. The van der Waals surface area contributed by atoms with Crippen LogP contribution < -0.4 is 4.90 Å². The fraction of sp³-hybridized carbons (Fsp3) is 0.429. The van der Waals surface area contributed by atoms with Gasteiger partial charge in [-0.3, -0.25) is 4.79 Å². The zero-order valence-electron chi connectivity index (χ0n) is 16.3. The van der Waals surface area contributed by atoms with Crippen LogP contribution in [0.4, 0.5) is 5.82 Å². The number of hydrogen-bond acceptors (Lipinski definition) is 6. The van der Waals surface area contributed by atoms with Crippen molar-refractivity contribution in [2.45, 2.75) is 12.8 Å². The summed E-state index contributed by atoms with van der Waals surface area (Å²) in [6.07, 6.45) is 1.70. The molecule has 0 bridgehead atoms. The van der Waals surface area contributed by atoms with Crippen LogP contribution in [0.5, 0.6) is 0 Å². The van der Waals surface area contributed by atoms with Crippen LogP contribution in [0.2, 0.25) is 0 Å². The molecule has 150 valence electrons. The molecular formula is C21H24N6O2. The summed E-state index contributed by atoms with van der Waals surface area (Å²) in [5, 5.41) is 13.4. The molecule has 2 fully saturated rings. The highest BCUT2D eigenvalue weighted by Gasteiger charge is 2.30. The van der Waals surface area contributed by atoms with Crippen molar-refractivity contribution in [3.63, 3.8) is 0 Å². The molecule has 4 heterocycles. The van der Waals surface area contributed by atoms with Crippen LogP contribution in [-0.2, 0) is 9.53 Å². The van der Waals surface area contributed by atoms with Crippen molar-refractivity contribution in [1.82, 2.24) is 24.7 Å². The Hall–Kier alpha value is -3.00. The monoisotopic (exact) mass is 392 g/mol. The molecule has 0 aliphatic carbocycles. The summed E-state index contributed by atoms with van der Waals surface area (Å²) in [7, 11) is 0. The third-order valence-electron chi connectivity index (χ3n) is 5.77. The Morgan fingerprint density at radius 2 is 1.69 bits per heavy atom. The molecule has 8 heteroatoms. The van der Waals surface area contributed by atoms with Crippen LogP contribution in [0.15, 0.2) is 42.5 Å². The van der Waals surface area contributed by atoms with E-state index < -0.39 is 0 Å². The minimum atomic E-state index is 0.0999. The van der Waals surface area contributed by atoms with E-state index in [1.165, 1.54) is 0 Å². The number of piperidine rings is 1. The van der Waals surface area contributed by atoms with E-state index in [0.717, 1.165) is 48.8 Å². The predicted octanol–water partition coefficient (Wildman–Crippen LogP) is 1.87. The summed E-state index contributed by atoms with van der Waals surface area (Å²) in [5.74, 6) is 2.01. The fourth-order valence-corrected chi connectivity index (χ4v) is 4.11. The van der Waals surface area contributed by atoms with E-state index in [4.69, 9.17) is 9.84 Å². The SMILES string of the molecule is O=C(C1CCN(c2ccc3nnc(-c4ccccc4)n3n2)CC1)N1CCOCC1. The van der Waals surface area contributed by atoms with Gasteiger partial charge in [0.2, 0.25) is 5.91 Å². The van der Waals surface area contributed by atoms with Gasteiger partial charge < -0.3 is 14.5 Å². The minimum absolute atomic E-state index is 0.0999. The molecule has 0 spiro atoms. The van der Waals surface area contributed by atoms with E-state index in [1.54, 1.807) is 4.52 Å². The first-order valence-electron chi connectivity index (χ1n) is 10.2. The zero-order valence-corrected chi connectivity index (χ0v) is 16.3. The molecule has 0 unspecified atom stereocenters. The zero-order chi connectivity index (χ0) is 19.6. The molecule has 2 aromatic heterocycles. The Kier molecular flexibility index (Phi) is 4.85. The van der Waals surface area contributed by atoms with E-state index in [2.05, 4.69) is 15.1 Å². The molecule has 5 rings (SSSR count). The summed E-state index contributed by atoms with van der Waals surface area (Å²) in [5.41, 5.74) is 1.71. The van der Waals surface area contributed by atoms with Crippen molar-refractivity contribution in [2.75, 3.05) is 44.3 Å².